The first-order valence-corrected chi connectivity index (χ1v) is 8.49. The number of rotatable bonds is 7. The number of carbonyl (C=O) groups excluding carboxylic acids is 1. The minimum Gasteiger partial charge on any atom is -0.492 e. The summed E-state index contributed by atoms with van der Waals surface area (Å²) in [6, 6.07) is 7.81. The third kappa shape index (κ3) is 5.04. The molecule has 0 bridgehead atoms. The summed E-state index contributed by atoms with van der Waals surface area (Å²) in [5, 5.41) is 16.5. The van der Waals surface area contributed by atoms with Gasteiger partial charge in [-0.05, 0) is 24.1 Å². The number of nitrogens with one attached hydrogen (secondary N) is 1. The summed E-state index contributed by atoms with van der Waals surface area (Å²) in [4.78, 5) is 13.8. The largest absolute Gasteiger partial charge is 0.492 e. The standard InChI is InChI=1S/C18H24N4O3/c1-21-11-15(10-20-21)14-3-2-4-17(9-14)25-8-6-19-18(24)13-22-7-5-16(23)12-22/h2-4,9-11,16,23H,5-8,12-13H2,1H3,(H,19,24)/t16-/m0/s1. The number of hydrogen-bond acceptors (Lipinski definition) is 5. The number of aromatic nitrogens is 2. The summed E-state index contributed by atoms with van der Waals surface area (Å²) in [5.41, 5.74) is 2.08. The van der Waals surface area contributed by atoms with Gasteiger partial charge in [0.25, 0.3) is 0 Å². The minimum atomic E-state index is -0.303. The van der Waals surface area contributed by atoms with Crippen LogP contribution < -0.4 is 10.1 Å². The second kappa shape index (κ2) is 8.13. The number of nitrogens with zero attached hydrogens (tertiary/aromatic N) is 3. The summed E-state index contributed by atoms with van der Waals surface area (Å²) in [7, 11) is 1.88. The van der Waals surface area contributed by atoms with Gasteiger partial charge in [-0.2, -0.15) is 5.10 Å². The maximum atomic E-state index is 11.9. The molecule has 0 saturated carbocycles. The lowest BCUT2D eigenvalue weighted by Crippen LogP contribution is -2.38. The molecule has 1 aliphatic rings. The van der Waals surface area contributed by atoms with Crippen LogP contribution in [0, 0.1) is 0 Å². The molecule has 0 radical (unpaired) electrons. The summed E-state index contributed by atoms with van der Waals surface area (Å²) in [6.45, 7) is 2.53. The van der Waals surface area contributed by atoms with Crippen molar-refractivity contribution in [3.05, 3.63) is 36.7 Å². The average molecular weight is 344 g/mol. The van der Waals surface area contributed by atoms with Crippen molar-refractivity contribution < 1.29 is 14.6 Å². The van der Waals surface area contributed by atoms with Crippen LogP contribution in [0.2, 0.25) is 0 Å². The van der Waals surface area contributed by atoms with Gasteiger partial charge >= 0.3 is 0 Å². The van der Waals surface area contributed by atoms with E-state index >= 15 is 0 Å². The highest BCUT2D eigenvalue weighted by Crippen LogP contribution is 2.23. The van der Waals surface area contributed by atoms with Crippen molar-refractivity contribution in [3.63, 3.8) is 0 Å². The highest BCUT2D eigenvalue weighted by molar-refractivity contribution is 5.78. The Labute approximate surface area is 147 Å². The zero-order valence-electron chi connectivity index (χ0n) is 14.4. The molecule has 2 N–H and O–H groups in total. The van der Waals surface area contributed by atoms with Crippen molar-refractivity contribution in [3.8, 4) is 16.9 Å². The summed E-state index contributed by atoms with van der Waals surface area (Å²) in [6.07, 6.45) is 4.20. The lowest BCUT2D eigenvalue weighted by Gasteiger charge is -2.14. The molecule has 1 aliphatic heterocycles. The highest BCUT2D eigenvalue weighted by Gasteiger charge is 2.21. The van der Waals surface area contributed by atoms with E-state index in [-0.39, 0.29) is 12.0 Å². The Hall–Kier alpha value is -2.38. The number of hydrogen-bond donors (Lipinski definition) is 2. The Morgan fingerprint density at radius 2 is 2.32 bits per heavy atom. The second-order valence-electron chi connectivity index (χ2n) is 6.31. The molecule has 1 fully saturated rings. The molecule has 25 heavy (non-hydrogen) atoms. The van der Waals surface area contributed by atoms with Gasteiger partial charge in [-0.25, -0.2) is 0 Å². The van der Waals surface area contributed by atoms with E-state index in [0.29, 0.717) is 26.2 Å². The van der Waals surface area contributed by atoms with E-state index in [9.17, 15) is 9.90 Å². The highest BCUT2D eigenvalue weighted by atomic mass is 16.5. The smallest absolute Gasteiger partial charge is 0.234 e. The third-order valence-electron chi connectivity index (χ3n) is 4.18. The van der Waals surface area contributed by atoms with Crippen LogP contribution in [0.25, 0.3) is 11.1 Å². The topological polar surface area (TPSA) is 79.6 Å². The number of β-amino-alcohol motifs (C(OH)–C–C–N with tert-alkyl or cyclic N) is 1. The lowest BCUT2D eigenvalue weighted by molar-refractivity contribution is -0.122. The fourth-order valence-electron chi connectivity index (χ4n) is 2.91. The van der Waals surface area contributed by atoms with Gasteiger partial charge in [-0.3, -0.25) is 14.4 Å². The van der Waals surface area contributed by atoms with Crippen LogP contribution in [0.1, 0.15) is 6.42 Å². The molecule has 1 aromatic heterocycles. The zero-order valence-corrected chi connectivity index (χ0v) is 14.4. The van der Waals surface area contributed by atoms with Gasteiger partial charge in [0, 0.05) is 31.9 Å². The molecule has 0 unspecified atom stereocenters. The predicted octanol–water partition coefficient (Wildman–Crippen LogP) is 0.649. The minimum absolute atomic E-state index is 0.0400. The molecule has 0 spiro atoms. The van der Waals surface area contributed by atoms with Crippen LogP contribution in [-0.2, 0) is 11.8 Å². The van der Waals surface area contributed by atoms with Crippen molar-refractivity contribution in [2.24, 2.45) is 7.05 Å². The molecule has 7 nitrogen and oxygen atoms in total. The van der Waals surface area contributed by atoms with E-state index < -0.39 is 0 Å². The first-order chi connectivity index (χ1) is 12.1. The Morgan fingerprint density at radius 3 is 3.04 bits per heavy atom. The molecule has 2 heterocycles. The number of amides is 1. The van der Waals surface area contributed by atoms with E-state index in [2.05, 4.69) is 10.4 Å². The van der Waals surface area contributed by atoms with Gasteiger partial charge < -0.3 is 15.2 Å². The molecular weight excluding hydrogens is 320 g/mol. The molecule has 0 aliphatic carbocycles. The van der Waals surface area contributed by atoms with E-state index in [1.807, 2.05) is 48.6 Å². The lowest BCUT2D eigenvalue weighted by atomic mass is 10.1. The first kappa shape index (κ1) is 17.4. The Bertz CT molecular complexity index is 716. The van der Waals surface area contributed by atoms with E-state index in [1.54, 1.807) is 4.68 Å². The molecule has 2 aromatic rings. The number of ether oxygens (including phenoxy) is 1. The quantitative estimate of drug-likeness (QED) is 0.721. The molecule has 134 valence electrons. The van der Waals surface area contributed by atoms with E-state index in [4.69, 9.17) is 4.74 Å². The maximum Gasteiger partial charge on any atom is 0.234 e. The number of benzene rings is 1. The van der Waals surface area contributed by atoms with Crippen molar-refractivity contribution in [1.82, 2.24) is 20.0 Å². The molecule has 3 rings (SSSR count). The molecule has 7 heteroatoms. The number of aryl methyl sites for hydroxylation is 1. The van der Waals surface area contributed by atoms with Crippen LogP contribution in [-0.4, -0.2) is 64.6 Å². The van der Waals surface area contributed by atoms with Crippen molar-refractivity contribution in [2.45, 2.75) is 12.5 Å². The van der Waals surface area contributed by atoms with Gasteiger partial charge in [0.05, 0.1) is 25.4 Å². The molecular formula is C18H24N4O3. The fraction of sp³-hybridized carbons (Fsp3) is 0.444. The van der Waals surface area contributed by atoms with E-state index in [1.165, 1.54) is 0 Å². The van der Waals surface area contributed by atoms with Gasteiger partial charge in [0.15, 0.2) is 0 Å². The Morgan fingerprint density at radius 1 is 1.44 bits per heavy atom. The summed E-state index contributed by atoms with van der Waals surface area (Å²) in [5.74, 6) is 0.722. The van der Waals surface area contributed by atoms with Crippen LogP contribution in [0.5, 0.6) is 5.75 Å². The Balaban J connectivity index is 1.41. The number of aliphatic hydroxyl groups is 1. The van der Waals surface area contributed by atoms with Crippen LogP contribution >= 0.6 is 0 Å². The molecule has 1 aromatic carbocycles. The predicted molar refractivity (Wildman–Crippen MR) is 94.2 cm³/mol. The number of aliphatic hydroxyl groups excluding tert-OH is 1. The molecule has 1 saturated heterocycles. The third-order valence-corrected chi connectivity index (χ3v) is 4.18. The molecule has 1 amide bonds. The number of carbonyl (C=O) groups is 1. The van der Waals surface area contributed by atoms with Crippen LogP contribution in [0.3, 0.4) is 0 Å². The van der Waals surface area contributed by atoms with Crippen LogP contribution in [0.15, 0.2) is 36.7 Å². The normalized spacial score (nSPS) is 17.6. The van der Waals surface area contributed by atoms with Crippen LogP contribution in [0.4, 0.5) is 0 Å². The summed E-state index contributed by atoms with van der Waals surface area (Å²) >= 11 is 0. The summed E-state index contributed by atoms with van der Waals surface area (Å²) < 4.78 is 7.48. The van der Waals surface area contributed by atoms with Gasteiger partial charge in [0.1, 0.15) is 12.4 Å². The monoisotopic (exact) mass is 344 g/mol. The zero-order chi connectivity index (χ0) is 17.6. The Kier molecular flexibility index (Phi) is 5.67. The maximum absolute atomic E-state index is 11.9. The van der Waals surface area contributed by atoms with Crippen molar-refractivity contribution in [2.75, 3.05) is 32.8 Å². The van der Waals surface area contributed by atoms with Crippen molar-refractivity contribution in [1.29, 1.82) is 0 Å². The van der Waals surface area contributed by atoms with Gasteiger partial charge in [-0.15, -0.1) is 0 Å². The SMILES string of the molecule is Cn1cc(-c2cccc(OCCNC(=O)CN3CC[C@H](O)C3)c2)cn1. The first-order valence-electron chi connectivity index (χ1n) is 8.49. The van der Waals surface area contributed by atoms with Gasteiger partial charge in [-0.1, -0.05) is 12.1 Å². The second-order valence-corrected chi connectivity index (χ2v) is 6.31. The number of likely N-dealkylation sites (tertiary alicyclic amines) is 1. The average Bonchev–Trinajstić information content (AvgIpc) is 3.20. The fourth-order valence-corrected chi connectivity index (χ4v) is 2.91. The van der Waals surface area contributed by atoms with E-state index in [0.717, 1.165) is 29.8 Å². The molecule has 1 atom stereocenters. The van der Waals surface area contributed by atoms with Crippen molar-refractivity contribution >= 4 is 5.91 Å². The van der Waals surface area contributed by atoms with Gasteiger partial charge in [0.2, 0.25) is 5.91 Å².